The van der Waals surface area contributed by atoms with Crippen LogP contribution in [0.3, 0.4) is 0 Å². The Labute approximate surface area is 124 Å². The van der Waals surface area contributed by atoms with Gasteiger partial charge in [0.2, 0.25) is 0 Å². The van der Waals surface area contributed by atoms with Gasteiger partial charge in [-0.1, -0.05) is 23.3 Å². The van der Waals surface area contributed by atoms with Gasteiger partial charge in [-0.25, -0.2) is 0 Å². The van der Waals surface area contributed by atoms with Crippen LogP contribution in [-0.2, 0) is 9.59 Å². The molecule has 6 nitrogen and oxygen atoms in total. The molecular weight excluding hydrogens is 274 g/mol. The molecule has 0 spiro atoms. The number of carboxylic acid groups (broad SMARTS) is 2. The van der Waals surface area contributed by atoms with E-state index < -0.39 is 23.9 Å². The smallest absolute Gasteiger partial charge is 0.321 e. The van der Waals surface area contributed by atoms with Crippen LogP contribution in [0.4, 0.5) is 0 Å². The molecule has 0 aromatic carbocycles. The van der Waals surface area contributed by atoms with Crippen molar-refractivity contribution in [2.24, 2.45) is 11.8 Å². The van der Waals surface area contributed by atoms with Gasteiger partial charge in [0.15, 0.2) is 0 Å². The highest BCUT2D eigenvalue weighted by molar-refractivity contribution is 5.76. The zero-order valence-electron chi connectivity index (χ0n) is 12.4. The minimum atomic E-state index is -1.01. The molecule has 0 aliphatic carbocycles. The summed E-state index contributed by atoms with van der Waals surface area (Å²) >= 11 is 0. The number of nitrogens with one attached hydrogen (secondary N) is 1. The van der Waals surface area contributed by atoms with Crippen molar-refractivity contribution in [1.82, 2.24) is 5.32 Å². The maximum atomic E-state index is 11.2. The Morgan fingerprint density at radius 1 is 1.24 bits per heavy atom. The van der Waals surface area contributed by atoms with Crippen LogP contribution in [0.5, 0.6) is 0 Å². The Balaban J connectivity index is 2.81. The fourth-order valence-corrected chi connectivity index (χ4v) is 2.68. The Kier molecular flexibility index (Phi) is 6.58. The van der Waals surface area contributed by atoms with Gasteiger partial charge in [0.05, 0.1) is 13.0 Å². The number of aliphatic carboxylic acids is 2. The standard InChI is InChI=1S/C15H23NO5/c1-9(8-17)4-3-5-10(2)12-7-16-14(15(20)21)11(12)6-13(18)19/h4-5,11-12,14,16-17H,3,6-8H2,1-2H3,(H,18,19)(H,20,21)/b9-4+,10-5+/t11-,12+,14-/m0/s1. The second kappa shape index (κ2) is 7.95. The van der Waals surface area contributed by atoms with Crippen LogP contribution >= 0.6 is 0 Å². The number of hydrogen-bond donors (Lipinski definition) is 4. The van der Waals surface area contributed by atoms with Crippen LogP contribution in [0.25, 0.3) is 0 Å². The van der Waals surface area contributed by atoms with Crippen molar-refractivity contribution < 1.29 is 24.9 Å². The third-order valence-electron chi connectivity index (χ3n) is 3.92. The first-order valence-corrected chi connectivity index (χ1v) is 6.98. The van der Waals surface area contributed by atoms with Crippen LogP contribution in [0.1, 0.15) is 26.7 Å². The van der Waals surface area contributed by atoms with E-state index >= 15 is 0 Å². The SMILES string of the molecule is C/C(=C\C/C=C(\C)[C@H]1CN[C@H](C(=O)O)[C@H]1CC(=O)O)CO. The summed E-state index contributed by atoms with van der Waals surface area (Å²) in [5.74, 6) is -2.53. The number of hydrogen-bond acceptors (Lipinski definition) is 4. The molecule has 0 unspecified atom stereocenters. The first kappa shape index (κ1) is 17.4. The van der Waals surface area contributed by atoms with E-state index in [-0.39, 0.29) is 18.9 Å². The van der Waals surface area contributed by atoms with E-state index in [4.69, 9.17) is 15.3 Å². The number of carbonyl (C=O) groups is 2. The zero-order chi connectivity index (χ0) is 16.0. The molecule has 1 aliphatic rings. The molecule has 3 atom stereocenters. The molecule has 0 aromatic rings. The van der Waals surface area contributed by atoms with Crippen molar-refractivity contribution in [3.05, 3.63) is 23.3 Å². The van der Waals surface area contributed by atoms with Gasteiger partial charge < -0.3 is 20.6 Å². The lowest BCUT2D eigenvalue weighted by molar-refractivity contribution is -0.142. The van der Waals surface area contributed by atoms with E-state index in [2.05, 4.69) is 5.32 Å². The Hall–Kier alpha value is -1.66. The van der Waals surface area contributed by atoms with E-state index in [9.17, 15) is 9.59 Å². The van der Waals surface area contributed by atoms with Gasteiger partial charge in [-0.2, -0.15) is 0 Å². The summed E-state index contributed by atoms with van der Waals surface area (Å²) in [7, 11) is 0. The molecule has 0 amide bonds. The predicted octanol–water partition coefficient (Wildman–Crippen LogP) is 1.02. The summed E-state index contributed by atoms with van der Waals surface area (Å²) in [6.45, 7) is 4.21. The maximum absolute atomic E-state index is 11.2. The Morgan fingerprint density at radius 3 is 2.43 bits per heavy atom. The maximum Gasteiger partial charge on any atom is 0.321 e. The highest BCUT2D eigenvalue weighted by Gasteiger charge is 2.41. The molecule has 0 bridgehead atoms. The van der Waals surface area contributed by atoms with E-state index in [0.717, 1.165) is 11.1 Å². The fourth-order valence-electron chi connectivity index (χ4n) is 2.68. The molecule has 1 fully saturated rings. The molecule has 118 valence electrons. The Bertz CT molecular complexity index is 455. The lowest BCUT2D eigenvalue weighted by Gasteiger charge is -2.20. The predicted molar refractivity (Wildman–Crippen MR) is 77.9 cm³/mol. The van der Waals surface area contributed by atoms with Gasteiger partial charge in [-0.3, -0.25) is 9.59 Å². The van der Waals surface area contributed by atoms with Gasteiger partial charge in [-0.15, -0.1) is 0 Å². The van der Waals surface area contributed by atoms with E-state index in [1.165, 1.54) is 0 Å². The van der Waals surface area contributed by atoms with Crippen molar-refractivity contribution in [1.29, 1.82) is 0 Å². The van der Waals surface area contributed by atoms with E-state index in [1.54, 1.807) is 0 Å². The fraction of sp³-hybridized carbons (Fsp3) is 0.600. The van der Waals surface area contributed by atoms with E-state index in [0.29, 0.717) is 13.0 Å². The first-order chi connectivity index (χ1) is 9.86. The quantitative estimate of drug-likeness (QED) is 0.523. The lowest BCUT2D eigenvalue weighted by Crippen LogP contribution is -2.36. The normalized spacial score (nSPS) is 26.9. The molecule has 21 heavy (non-hydrogen) atoms. The summed E-state index contributed by atoms with van der Waals surface area (Å²) in [5, 5.41) is 30.0. The monoisotopic (exact) mass is 297 g/mol. The van der Waals surface area contributed by atoms with Crippen LogP contribution in [-0.4, -0.2) is 46.5 Å². The molecule has 6 heteroatoms. The topological polar surface area (TPSA) is 107 Å². The molecule has 0 aromatic heterocycles. The third kappa shape index (κ3) is 4.99. The van der Waals surface area contributed by atoms with Crippen molar-refractivity contribution in [2.45, 2.75) is 32.7 Å². The molecule has 4 N–H and O–H groups in total. The third-order valence-corrected chi connectivity index (χ3v) is 3.92. The average Bonchev–Trinajstić information content (AvgIpc) is 2.81. The second-order valence-electron chi connectivity index (χ2n) is 5.48. The number of rotatable bonds is 7. The minimum absolute atomic E-state index is 0.0145. The van der Waals surface area contributed by atoms with Crippen LogP contribution in [0.2, 0.25) is 0 Å². The van der Waals surface area contributed by atoms with Crippen molar-refractivity contribution in [3.63, 3.8) is 0 Å². The molecule has 0 radical (unpaired) electrons. The molecule has 1 saturated heterocycles. The number of allylic oxidation sites excluding steroid dienone is 2. The van der Waals surface area contributed by atoms with Gasteiger partial charge in [0, 0.05) is 12.5 Å². The summed E-state index contributed by atoms with van der Waals surface area (Å²) in [4.78, 5) is 22.1. The lowest BCUT2D eigenvalue weighted by atomic mass is 9.83. The van der Waals surface area contributed by atoms with Crippen molar-refractivity contribution in [3.8, 4) is 0 Å². The van der Waals surface area contributed by atoms with Crippen molar-refractivity contribution >= 4 is 11.9 Å². The Morgan fingerprint density at radius 2 is 1.90 bits per heavy atom. The zero-order valence-corrected chi connectivity index (χ0v) is 12.4. The first-order valence-electron chi connectivity index (χ1n) is 6.98. The molecule has 1 heterocycles. The van der Waals surface area contributed by atoms with Gasteiger partial charge >= 0.3 is 11.9 Å². The number of aliphatic hydroxyl groups excluding tert-OH is 1. The summed E-state index contributed by atoms with van der Waals surface area (Å²) < 4.78 is 0. The number of carboxylic acids is 2. The van der Waals surface area contributed by atoms with Gasteiger partial charge in [-0.05, 0) is 26.2 Å². The highest BCUT2D eigenvalue weighted by atomic mass is 16.4. The largest absolute Gasteiger partial charge is 0.481 e. The molecule has 1 aliphatic heterocycles. The molecular formula is C15H23NO5. The second-order valence-corrected chi connectivity index (χ2v) is 5.48. The van der Waals surface area contributed by atoms with Crippen LogP contribution < -0.4 is 5.32 Å². The van der Waals surface area contributed by atoms with Crippen molar-refractivity contribution in [2.75, 3.05) is 13.2 Å². The van der Waals surface area contributed by atoms with E-state index in [1.807, 2.05) is 26.0 Å². The van der Waals surface area contributed by atoms with Crippen LogP contribution in [0, 0.1) is 11.8 Å². The number of aliphatic hydroxyl groups is 1. The highest BCUT2D eigenvalue weighted by Crippen LogP contribution is 2.31. The summed E-state index contributed by atoms with van der Waals surface area (Å²) in [6, 6.07) is -0.816. The summed E-state index contributed by atoms with van der Waals surface area (Å²) in [6.07, 6.45) is 4.34. The molecule has 0 saturated carbocycles. The van der Waals surface area contributed by atoms with Gasteiger partial charge in [0.1, 0.15) is 6.04 Å². The molecule has 1 rings (SSSR count). The average molecular weight is 297 g/mol. The van der Waals surface area contributed by atoms with Crippen LogP contribution in [0.15, 0.2) is 23.3 Å². The summed E-state index contributed by atoms with van der Waals surface area (Å²) in [5.41, 5.74) is 1.86. The minimum Gasteiger partial charge on any atom is -0.481 e. The van der Waals surface area contributed by atoms with Gasteiger partial charge in [0.25, 0.3) is 0 Å².